The van der Waals surface area contributed by atoms with Crippen LogP contribution in [-0.4, -0.2) is 20.2 Å². The van der Waals surface area contributed by atoms with Crippen molar-refractivity contribution in [3.63, 3.8) is 0 Å². The topological polar surface area (TPSA) is 46.2 Å². The van der Waals surface area contributed by atoms with Gasteiger partial charge in [0.2, 0.25) is 10.0 Å². The zero-order chi connectivity index (χ0) is 11.7. The third-order valence-electron chi connectivity index (χ3n) is 1.97. The molecule has 4 heteroatoms. The van der Waals surface area contributed by atoms with Gasteiger partial charge in [0.05, 0.1) is 5.75 Å². The zero-order valence-corrected chi connectivity index (χ0v) is 9.93. The fraction of sp³-hybridized carbons (Fsp3) is 0.545. The molecule has 3 nitrogen and oxygen atoms in total. The third-order valence-corrected chi connectivity index (χ3v) is 3.30. The van der Waals surface area contributed by atoms with Gasteiger partial charge in [-0.25, -0.2) is 13.1 Å². The lowest BCUT2D eigenvalue weighted by Crippen LogP contribution is -2.34. The first-order valence-corrected chi connectivity index (χ1v) is 6.73. The smallest absolute Gasteiger partial charge is 0.212 e. The second-order valence-electron chi connectivity index (χ2n) is 3.38. The Balaban J connectivity index is 4.08. The van der Waals surface area contributed by atoms with Crippen molar-refractivity contribution >= 4 is 10.0 Å². The molecular weight excluding hydrogens is 210 g/mol. The zero-order valence-electron chi connectivity index (χ0n) is 9.11. The van der Waals surface area contributed by atoms with Crippen LogP contribution in [0.25, 0.3) is 0 Å². The average molecular weight is 230 g/mol. The number of nitrogens with one attached hydrogen (secondary N) is 1. The van der Waals surface area contributed by atoms with Crippen molar-refractivity contribution in [2.24, 2.45) is 0 Å². The Morgan fingerprint density at radius 3 is 2.40 bits per heavy atom. The largest absolute Gasteiger partial charge is 0.215 e. The van der Waals surface area contributed by atoms with Crippen LogP contribution in [0.4, 0.5) is 0 Å². The van der Waals surface area contributed by atoms with Crippen molar-refractivity contribution in [3.8, 4) is 0 Å². The van der Waals surface area contributed by atoms with E-state index in [0.717, 1.165) is 25.7 Å². The molecule has 0 amide bonds. The lowest BCUT2D eigenvalue weighted by Gasteiger charge is -2.13. The monoisotopic (exact) mass is 230 g/mol. The molecule has 0 aromatic carbocycles. The van der Waals surface area contributed by atoms with Gasteiger partial charge < -0.3 is 0 Å². The summed E-state index contributed by atoms with van der Waals surface area (Å²) >= 11 is 0. The van der Waals surface area contributed by atoms with Crippen molar-refractivity contribution in [2.75, 3.05) is 5.75 Å². The minimum absolute atomic E-state index is 0.0489. The molecule has 0 fully saturated rings. The van der Waals surface area contributed by atoms with Crippen molar-refractivity contribution in [2.45, 2.75) is 31.7 Å². The number of hydrogen-bond acceptors (Lipinski definition) is 2. The van der Waals surface area contributed by atoms with E-state index in [1.54, 1.807) is 6.08 Å². The minimum Gasteiger partial charge on any atom is -0.212 e. The van der Waals surface area contributed by atoms with E-state index in [4.69, 9.17) is 0 Å². The molecule has 0 aliphatic rings. The van der Waals surface area contributed by atoms with Crippen LogP contribution >= 0.6 is 0 Å². The molecule has 0 rings (SSSR count). The Hall–Kier alpha value is -0.610. The standard InChI is InChI=1S/C11H20NO2S/c1-4-7-8-9-11(6-3)12-15(13,14)10-5-2/h5-6,11-12H,1-4,7-10H2. The first-order chi connectivity index (χ1) is 7.05. The summed E-state index contributed by atoms with van der Waals surface area (Å²) < 4.78 is 25.3. The highest BCUT2D eigenvalue weighted by Crippen LogP contribution is 2.05. The van der Waals surface area contributed by atoms with Crippen LogP contribution in [0.1, 0.15) is 25.7 Å². The molecular formula is C11H20NO2S. The van der Waals surface area contributed by atoms with Gasteiger partial charge in [0, 0.05) is 6.04 Å². The van der Waals surface area contributed by atoms with E-state index in [1.807, 2.05) is 0 Å². The van der Waals surface area contributed by atoms with Gasteiger partial charge in [0.15, 0.2) is 0 Å². The van der Waals surface area contributed by atoms with Gasteiger partial charge in [-0.15, -0.1) is 13.2 Å². The maximum atomic E-state index is 11.4. The summed E-state index contributed by atoms with van der Waals surface area (Å²) in [6.07, 6.45) is 6.62. The molecule has 1 N–H and O–H groups in total. The van der Waals surface area contributed by atoms with Crippen LogP contribution in [0.2, 0.25) is 0 Å². The van der Waals surface area contributed by atoms with E-state index in [-0.39, 0.29) is 11.8 Å². The van der Waals surface area contributed by atoms with Crippen LogP contribution in [0.5, 0.6) is 0 Å². The second kappa shape index (κ2) is 7.65. The summed E-state index contributed by atoms with van der Waals surface area (Å²) in [5.74, 6) is -0.0489. The number of sulfonamides is 1. The van der Waals surface area contributed by atoms with Crippen LogP contribution in [-0.2, 0) is 10.0 Å². The SMILES string of the molecule is [CH2]CCCCC(C=C)NS(=O)(=O)CC=C. The quantitative estimate of drug-likeness (QED) is 0.486. The molecule has 0 bridgehead atoms. The number of rotatable bonds is 9. The van der Waals surface area contributed by atoms with Crippen molar-refractivity contribution in [1.29, 1.82) is 0 Å². The van der Waals surface area contributed by atoms with E-state index in [0.29, 0.717) is 0 Å². The fourth-order valence-corrected chi connectivity index (χ4v) is 2.28. The Bertz CT molecular complexity index is 283. The molecule has 0 aromatic rings. The van der Waals surface area contributed by atoms with Crippen LogP contribution in [0.15, 0.2) is 25.3 Å². The first-order valence-electron chi connectivity index (χ1n) is 5.08. The Morgan fingerprint density at radius 1 is 1.27 bits per heavy atom. The predicted molar refractivity (Wildman–Crippen MR) is 64.9 cm³/mol. The summed E-state index contributed by atoms with van der Waals surface area (Å²) in [7, 11) is -3.24. The number of unbranched alkanes of at least 4 members (excludes halogenated alkanes) is 2. The Kier molecular flexibility index (Phi) is 7.34. The minimum atomic E-state index is -3.24. The highest BCUT2D eigenvalue weighted by atomic mass is 32.2. The highest BCUT2D eigenvalue weighted by molar-refractivity contribution is 7.89. The maximum absolute atomic E-state index is 11.4. The van der Waals surface area contributed by atoms with E-state index in [9.17, 15) is 8.42 Å². The summed E-state index contributed by atoms with van der Waals surface area (Å²) in [6.45, 7) is 10.8. The van der Waals surface area contributed by atoms with E-state index >= 15 is 0 Å². The second-order valence-corrected chi connectivity index (χ2v) is 5.18. The first kappa shape index (κ1) is 14.4. The van der Waals surface area contributed by atoms with Crippen molar-refractivity contribution < 1.29 is 8.42 Å². The fourth-order valence-electron chi connectivity index (χ4n) is 1.20. The molecule has 0 saturated heterocycles. The normalized spacial score (nSPS) is 13.4. The van der Waals surface area contributed by atoms with Crippen LogP contribution in [0.3, 0.4) is 0 Å². The summed E-state index contributed by atoms with van der Waals surface area (Å²) in [5, 5.41) is 0. The van der Waals surface area contributed by atoms with Crippen molar-refractivity contribution in [1.82, 2.24) is 4.72 Å². The Labute approximate surface area is 93.3 Å². The van der Waals surface area contributed by atoms with Gasteiger partial charge in [-0.3, -0.25) is 0 Å². The lowest BCUT2D eigenvalue weighted by molar-refractivity contribution is 0.553. The molecule has 1 unspecified atom stereocenters. The van der Waals surface area contributed by atoms with Crippen LogP contribution in [0, 0.1) is 6.92 Å². The molecule has 0 saturated carbocycles. The van der Waals surface area contributed by atoms with Crippen LogP contribution < -0.4 is 4.72 Å². The number of hydrogen-bond donors (Lipinski definition) is 1. The average Bonchev–Trinajstić information content (AvgIpc) is 2.16. The van der Waals surface area contributed by atoms with Gasteiger partial charge in [-0.1, -0.05) is 38.3 Å². The molecule has 87 valence electrons. The highest BCUT2D eigenvalue weighted by Gasteiger charge is 2.13. The molecule has 0 heterocycles. The van der Waals surface area contributed by atoms with Gasteiger partial charge in [-0.05, 0) is 6.42 Å². The van der Waals surface area contributed by atoms with E-state index < -0.39 is 10.0 Å². The summed E-state index contributed by atoms with van der Waals surface area (Å²) in [6, 6.07) is -0.179. The molecule has 0 aliphatic heterocycles. The maximum Gasteiger partial charge on any atom is 0.215 e. The lowest BCUT2D eigenvalue weighted by atomic mass is 10.1. The Morgan fingerprint density at radius 2 is 1.93 bits per heavy atom. The van der Waals surface area contributed by atoms with Crippen molar-refractivity contribution in [3.05, 3.63) is 32.2 Å². The molecule has 1 radical (unpaired) electrons. The van der Waals surface area contributed by atoms with E-state index in [2.05, 4.69) is 24.8 Å². The molecule has 0 aromatic heterocycles. The van der Waals surface area contributed by atoms with E-state index in [1.165, 1.54) is 6.08 Å². The molecule has 1 atom stereocenters. The molecule has 15 heavy (non-hydrogen) atoms. The van der Waals surface area contributed by atoms with Gasteiger partial charge >= 0.3 is 0 Å². The summed E-state index contributed by atoms with van der Waals surface area (Å²) in [4.78, 5) is 0. The molecule has 0 aliphatic carbocycles. The van der Waals surface area contributed by atoms with Gasteiger partial charge in [0.25, 0.3) is 0 Å². The third kappa shape index (κ3) is 7.33. The predicted octanol–water partition coefficient (Wildman–Crippen LogP) is 2.04. The molecule has 0 spiro atoms. The van der Waals surface area contributed by atoms with Gasteiger partial charge in [0.1, 0.15) is 0 Å². The summed E-state index contributed by atoms with van der Waals surface area (Å²) in [5.41, 5.74) is 0. The van der Waals surface area contributed by atoms with Gasteiger partial charge in [-0.2, -0.15) is 0 Å².